The molecule has 2 aromatic rings. The van der Waals surface area contributed by atoms with E-state index >= 15 is 0 Å². The second-order valence-corrected chi connectivity index (χ2v) is 5.99. The third kappa shape index (κ3) is 4.70. The summed E-state index contributed by atoms with van der Waals surface area (Å²) in [7, 11) is 1.91. The van der Waals surface area contributed by atoms with E-state index in [0.717, 1.165) is 30.0 Å². The fourth-order valence-electron chi connectivity index (χ4n) is 2.52. The topological polar surface area (TPSA) is 12.0 Å². The van der Waals surface area contributed by atoms with Crippen LogP contribution in [0.5, 0.6) is 0 Å². The molecule has 0 radical (unpaired) electrons. The molecule has 0 saturated carbocycles. The molecule has 1 unspecified atom stereocenters. The minimum atomic E-state index is -0.361. The van der Waals surface area contributed by atoms with E-state index in [1.807, 2.05) is 31.3 Å². The molecular formula is C17H18Cl2FN. The maximum Gasteiger partial charge on any atom is 0.142 e. The van der Waals surface area contributed by atoms with E-state index in [4.69, 9.17) is 23.2 Å². The first-order chi connectivity index (χ1) is 10.1. The molecule has 2 aromatic carbocycles. The standard InChI is InChI=1S/C17H18Cl2FN/c1-21-11-13(8-12-4-2-6-15(18)10-12)9-14-5-3-7-16(20)17(14)19/h2-7,10,13,21H,8-9,11H2,1H3. The van der Waals surface area contributed by atoms with E-state index < -0.39 is 0 Å². The lowest BCUT2D eigenvalue weighted by Gasteiger charge is -2.18. The maximum atomic E-state index is 13.5. The minimum Gasteiger partial charge on any atom is -0.319 e. The molecule has 1 atom stereocenters. The van der Waals surface area contributed by atoms with Crippen LogP contribution in [0.4, 0.5) is 4.39 Å². The van der Waals surface area contributed by atoms with Gasteiger partial charge in [0, 0.05) is 5.02 Å². The number of rotatable bonds is 6. The van der Waals surface area contributed by atoms with E-state index in [9.17, 15) is 4.39 Å². The summed E-state index contributed by atoms with van der Waals surface area (Å²) in [5.74, 6) is -0.0344. The first kappa shape index (κ1) is 16.3. The lowest BCUT2D eigenvalue weighted by atomic mass is 9.92. The van der Waals surface area contributed by atoms with Crippen LogP contribution in [0.3, 0.4) is 0 Å². The Bertz CT molecular complexity index is 601. The van der Waals surface area contributed by atoms with Crippen molar-refractivity contribution in [3.63, 3.8) is 0 Å². The van der Waals surface area contributed by atoms with Gasteiger partial charge in [0.05, 0.1) is 5.02 Å². The van der Waals surface area contributed by atoms with Gasteiger partial charge in [-0.05, 0) is 61.7 Å². The summed E-state index contributed by atoms with van der Waals surface area (Å²) in [4.78, 5) is 0. The molecule has 1 nitrogen and oxygen atoms in total. The Morgan fingerprint density at radius 3 is 2.57 bits per heavy atom. The Balaban J connectivity index is 2.13. The quantitative estimate of drug-likeness (QED) is 0.807. The van der Waals surface area contributed by atoms with E-state index in [1.54, 1.807) is 6.07 Å². The predicted octanol–water partition coefficient (Wildman–Crippen LogP) is 4.75. The fraction of sp³-hybridized carbons (Fsp3) is 0.294. The molecule has 0 amide bonds. The van der Waals surface area contributed by atoms with Crippen molar-refractivity contribution >= 4 is 23.2 Å². The maximum absolute atomic E-state index is 13.5. The minimum absolute atomic E-state index is 0.227. The zero-order valence-electron chi connectivity index (χ0n) is 11.9. The Labute approximate surface area is 135 Å². The average Bonchev–Trinajstić information content (AvgIpc) is 2.44. The van der Waals surface area contributed by atoms with Crippen molar-refractivity contribution in [3.8, 4) is 0 Å². The van der Waals surface area contributed by atoms with Crippen LogP contribution in [-0.4, -0.2) is 13.6 Å². The average molecular weight is 326 g/mol. The summed E-state index contributed by atoms with van der Waals surface area (Å²) in [6.45, 7) is 0.833. The Hall–Kier alpha value is -1.09. The third-order valence-corrected chi connectivity index (χ3v) is 4.10. The highest BCUT2D eigenvalue weighted by molar-refractivity contribution is 6.31. The molecule has 0 bridgehead atoms. The molecule has 0 heterocycles. The Morgan fingerprint density at radius 2 is 1.86 bits per heavy atom. The molecule has 0 aliphatic rings. The molecule has 2 rings (SSSR count). The number of benzene rings is 2. The summed E-state index contributed by atoms with van der Waals surface area (Å²) in [6, 6.07) is 12.8. The van der Waals surface area contributed by atoms with Crippen molar-refractivity contribution in [1.29, 1.82) is 0 Å². The number of hydrogen-bond donors (Lipinski definition) is 1. The SMILES string of the molecule is CNCC(Cc1cccc(Cl)c1)Cc1cccc(F)c1Cl. The second-order valence-electron chi connectivity index (χ2n) is 5.17. The predicted molar refractivity (Wildman–Crippen MR) is 87.7 cm³/mol. The number of nitrogens with one attached hydrogen (secondary N) is 1. The smallest absolute Gasteiger partial charge is 0.142 e. The van der Waals surface area contributed by atoms with Gasteiger partial charge in [-0.15, -0.1) is 0 Å². The van der Waals surface area contributed by atoms with Gasteiger partial charge in [0.1, 0.15) is 5.82 Å². The summed E-state index contributed by atoms with van der Waals surface area (Å²) in [6.07, 6.45) is 1.60. The largest absolute Gasteiger partial charge is 0.319 e. The summed E-state index contributed by atoms with van der Waals surface area (Å²) in [5.41, 5.74) is 2.02. The van der Waals surface area contributed by atoms with Crippen LogP contribution in [0.1, 0.15) is 11.1 Å². The number of halogens is 3. The molecule has 21 heavy (non-hydrogen) atoms. The van der Waals surface area contributed by atoms with Crippen molar-refractivity contribution in [1.82, 2.24) is 5.32 Å². The molecule has 0 fully saturated rings. The van der Waals surface area contributed by atoms with Gasteiger partial charge < -0.3 is 5.32 Å². The van der Waals surface area contributed by atoms with Gasteiger partial charge in [-0.1, -0.05) is 47.5 Å². The van der Waals surface area contributed by atoms with Crippen LogP contribution in [0.2, 0.25) is 10.0 Å². The lowest BCUT2D eigenvalue weighted by Crippen LogP contribution is -2.23. The molecule has 0 saturated heterocycles. The highest BCUT2D eigenvalue weighted by atomic mass is 35.5. The van der Waals surface area contributed by atoms with Crippen LogP contribution in [-0.2, 0) is 12.8 Å². The zero-order valence-corrected chi connectivity index (χ0v) is 13.4. The molecule has 112 valence electrons. The lowest BCUT2D eigenvalue weighted by molar-refractivity contribution is 0.492. The first-order valence-corrected chi connectivity index (χ1v) is 7.67. The van der Waals surface area contributed by atoms with Crippen LogP contribution < -0.4 is 5.32 Å². The summed E-state index contributed by atoms with van der Waals surface area (Å²) >= 11 is 12.1. The van der Waals surface area contributed by atoms with Crippen molar-refractivity contribution in [2.75, 3.05) is 13.6 Å². The number of hydrogen-bond acceptors (Lipinski definition) is 1. The van der Waals surface area contributed by atoms with E-state index in [0.29, 0.717) is 5.92 Å². The highest BCUT2D eigenvalue weighted by Gasteiger charge is 2.14. The van der Waals surface area contributed by atoms with Gasteiger partial charge in [-0.3, -0.25) is 0 Å². The van der Waals surface area contributed by atoms with Gasteiger partial charge in [0.15, 0.2) is 0 Å². The molecule has 4 heteroatoms. The van der Waals surface area contributed by atoms with E-state index in [2.05, 4.69) is 11.4 Å². The molecule has 0 aliphatic heterocycles. The second kappa shape index (κ2) is 7.79. The summed E-state index contributed by atoms with van der Waals surface area (Å²) < 4.78 is 13.5. The van der Waals surface area contributed by atoms with Crippen molar-refractivity contribution in [2.45, 2.75) is 12.8 Å². The third-order valence-electron chi connectivity index (χ3n) is 3.45. The molecular weight excluding hydrogens is 308 g/mol. The van der Waals surface area contributed by atoms with E-state index in [1.165, 1.54) is 11.6 Å². The molecule has 0 spiro atoms. The monoisotopic (exact) mass is 325 g/mol. The Kier molecular flexibility index (Phi) is 6.04. The summed E-state index contributed by atoms with van der Waals surface area (Å²) in [5, 5.41) is 4.15. The van der Waals surface area contributed by atoms with Crippen molar-refractivity contribution in [2.24, 2.45) is 5.92 Å². The molecule has 0 aliphatic carbocycles. The van der Waals surface area contributed by atoms with Crippen LogP contribution in [0, 0.1) is 11.7 Å². The normalized spacial score (nSPS) is 12.4. The zero-order chi connectivity index (χ0) is 15.2. The van der Waals surface area contributed by atoms with Gasteiger partial charge >= 0.3 is 0 Å². The van der Waals surface area contributed by atoms with Gasteiger partial charge in [-0.2, -0.15) is 0 Å². The fourth-order valence-corrected chi connectivity index (χ4v) is 2.94. The van der Waals surface area contributed by atoms with Crippen LogP contribution >= 0.6 is 23.2 Å². The molecule has 1 N–H and O–H groups in total. The van der Waals surface area contributed by atoms with Crippen molar-refractivity contribution in [3.05, 3.63) is 69.5 Å². The van der Waals surface area contributed by atoms with Crippen molar-refractivity contribution < 1.29 is 4.39 Å². The van der Waals surface area contributed by atoms with Crippen LogP contribution in [0.15, 0.2) is 42.5 Å². The van der Waals surface area contributed by atoms with Gasteiger partial charge in [-0.25, -0.2) is 4.39 Å². The molecule has 0 aromatic heterocycles. The van der Waals surface area contributed by atoms with Crippen LogP contribution in [0.25, 0.3) is 0 Å². The van der Waals surface area contributed by atoms with Gasteiger partial charge in [0.2, 0.25) is 0 Å². The first-order valence-electron chi connectivity index (χ1n) is 6.92. The highest BCUT2D eigenvalue weighted by Crippen LogP contribution is 2.24. The Morgan fingerprint density at radius 1 is 1.10 bits per heavy atom. The van der Waals surface area contributed by atoms with Gasteiger partial charge in [0.25, 0.3) is 0 Å². The van der Waals surface area contributed by atoms with E-state index in [-0.39, 0.29) is 10.8 Å².